The van der Waals surface area contributed by atoms with Crippen molar-refractivity contribution in [2.45, 2.75) is 52.0 Å². The van der Waals surface area contributed by atoms with E-state index >= 15 is 0 Å². The van der Waals surface area contributed by atoms with Gasteiger partial charge in [-0.25, -0.2) is 0 Å². The third-order valence-electron chi connectivity index (χ3n) is 3.96. The Balaban J connectivity index is 1.81. The van der Waals surface area contributed by atoms with Crippen LogP contribution in [0.15, 0.2) is 24.3 Å². The molecule has 0 saturated carbocycles. The summed E-state index contributed by atoms with van der Waals surface area (Å²) in [6.45, 7) is 7.40. The summed E-state index contributed by atoms with van der Waals surface area (Å²) in [5.41, 5.74) is 2.45. The summed E-state index contributed by atoms with van der Waals surface area (Å²) in [5, 5.41) is 6.50. The molecule has 0 aromatic heterocycles. The summed E-state index contributed by atoms with van der Waals surface area (Å²) in [4.78, 5) is 12.1. The fourth-order valence-electron chi connectivity index (χ4n) is 2.75. The van der Waals surface area contributed by atoms with Crippen LogP contribution >= 0.6 is 0 Å². The molecule has 0 spiro atoms. The maximum Gasteiger partial charge on any atom is 0.220 e. The molecule has 2 rings (SSSR count). The van der Waals surface area contributed by atoms with Crippen molar-refractivity contribution in [3.8, 4) is 0 Å². The van der Waals surface area contributed by atoms with Gasteiger partial charge < -0.3 is 10.6 Å². The average molecular weight is 274 g/mol. The third-order valence-corrected chi connectivity index (χ3v) is 3.96. The number of fused-ring (bicyclic) bond motifs is 1. The predicted octanol–water partition coefficient (Wildman–Crippen LogP) is 3.53. The van der Waals surface area contributed by atoms with Gasteiger partial charge in [0.1, 0.15) is 0 Å². The minimum absolute atomic E-state index is 0.171. The maximum atomic E-state index is 12.1. The molecule has 0 radical (unpaired) electrons. The highest BCUT2D eigenvalue weighted by Gasteiger charge is 2.24. The molecule has 1 amide bonds. The zero-order valence-electron chi connectivity index (χ0n) is 12.8. The van der Waals surface area contributed by atoms with E-state index in [1.807, 2.05) is 12.1 Å². The number of para-hydroxylation sites is 1. The van der Waals surface area contributed by atoms with Crippen molar-refractivity contribution < 1.29 is 4.79 Å². The van der Waals surface area contributed by atoms with Gasteiger partial charge in [0.25, 0.3) is 0 Å². The summed E-state index contributed by atoms with van der Waals surface area (Å²) < 4.78 is 0. The Kier molecular flexibility index (Phi) is 5.05. The van der Waals surface area contributed by atoms with Gasteiger partial charge in [0.15, 0.2) is 0 Å². The van der Waals surface area contributed by atoms with Crippen LogP contribution in [0.1, 0.15) is 51.5 Å². The quantitative estimate of drug-likeness (QED) is 0.833. The van der Waals surface area contributed by atoms with E-state index in [0.717, 1.165) is 19.4 Å². The predicted molar refractivity (Wildman–Crippen MR) is 84.0 cm³/mol. The summed E-state index contributed by atoms with van der Waals surface area (Å²) in [5.74, 6) is 1.17. The lowest BCUT2D eigenvalue weighted by Crippen LogP contribution is -2.33. The Labute approximate surface area is 122 Å². The van der Waals surface area contributed by atoms with Crippen molar-refractivity contribution >= 4 is 11.6 Å². The van der Waals surface area contributed by atoms with E-state index in [2.05, 4.69) is 43.5 Å². The normalized spacial score (nSPS) is 18.5. The second-order valence-electron chi connectivity index (χ2n) is 6.31. The molecule has 110 valence electrons. The monoisotopic (exact) mass is 274 g/mol. The molecule has 0 saturated heterocycles. The molecule has 1 aromatic rings. The molecule has 3 nitrogen and oxygen atoms in total. The van der Waals surface area contributed by atoms with Gasteiger partial charge in [0.2, 0.25) is 5.91 Å². The van der Waals surface area contributed by atoms with Crippen LogP contribution in [-0.4, -0.2) is 18.5 Å². The number of benzene rings is 1. The van der Waals surface area contributed by atoms with Crippen LogP contribution in [0.25, 0.3) is 0 Å². The molecule has 0 fully saturated rings. The van der Waals surface area contributed by atoms with Crippen LogP contribution in [0.2, 0.25) is 0 Å². The summed E-state index contributed by atoms with van der Waals surface area (Å²) in [6, 6.07) is 8.55. The molecule has 20 heavy (non-hydrogen) atoms. The fourth-order valence-corrected chi connectivity index (χ4v) is 2.75. The van der Waals surface area contributed by atoms with Gasteiger partial charge in [-0.2, -0.15) is 0 Å². The topological polar surface area (TPSA) is 41.1 Å². The van der Waals surface area contributed by atoms with Crippen molar-refractivity contribution in [1.29, 1.82) is 0 Å². The van der Waals surface area contributed by atoms with Crippen LogP contribution < -0.4 is 10.6 Å². The van der Waals surface area contributed by atoms with Crippen molar-refractivity contribution in [2.75, 3.05) is 11.9 Å². The number of hydrogen-bond acceptors (Lipinski definition) is 2. The van der Waals surface area contributed by atoms with E-state index in [1.165, 1.54) is 11.3 Å². The zero-order valence-corrected chi connectivity index (χ0v) is 12.8. The van der Waals surface area contributed by atoms with Gasteiger partial charge in [-0.15, -0.1) is 0 Å². The molecule has 1 aromatic carbocycles. The number of nitrogens with one attached hydrogen (secondary N) is 2. The van der Waals surface area contributed by atoms with Gasteiger partial charge in [-0.3, -0.25) is 4.79 Å². The Morgan fingerprint density at radius 1 is 1.30 bits per heavy atom. The van der Waals surface area contributed by atoms with Gasteiger partial charge in [0.05, 0.1) is 0 Å². The highest BCUT2D eigenvalue weighted by molar-refractivity contribution is 5.78. The van der Waals surface area contributed by atoms with Crippen LogP contribution in [0.4, 0.5) is 5.69 Å². The minimum Gasteiger partial charge on any atom is -0.384 e. The second kappa shape index (κ2) is 6.78. The van der Waals surface area contributed by atoms with Gasteiger partial charge in [-0.05, 0) is 37.3 Å². The number of rotatable bonds is 6. The fraction of sp³-hybridized carbons (Fsp3) is 0.588. The summed E-state index contributed by atoms with van der Waals surface area (Å²) in [6.07, 6.45) is 2.80. The number of hydrogen-bond donors (Lipinski definition) is 2. The van der Waals surface area contributed by atoms with E-state index in [-0.39, 0.29) is 11.9 Å². The molecule has 2 N–H and O–H groups in total. The van der Waals surface area contributed by atoms with Crippen LogP contribution in [-0.2, 0) is 4.79 Å². The Morgan fingerprint density at radius 2 is 2.05 bits per heavy atom. The van der Waals surface area contributed by atoms with Gasteiger partial charge in [0, 0.05) is 30.6 Å². The van der Waals surface area contributed by atoms with E-state index in [4.69, 9.17) is 0 Å². The average Bonchev–Trinajstić information content (AvgIpc) is 2.80. The van der Waals surface area contributed by atoms with Crippen molar-refractivity contribution in [3.05, 3.63) is 29.8 Å². The van der Waals surface area contributed by atoms with Crippen LogP contribution in [0, 0.1) is 5.92 Å². The van der Waals surface area contributed by atoms with Gasteiger partial charge in [-0.1, -0.05) is 32.0 Å². The van der Waals surface area contributed by atoms with Crippen LogP contribution in [0.5, 0.6) is 0 Å². The molecule has 0 bridgehead atoms. The molecule has 1 heterocycles. The minimum atomic E-state index is 0.171. The Hall–Kier alpha value is -1.51. The molecule has 2 atom stereocenters. The molecular formula is C17H26N2O. The number of anilines is 1. The third kappa shape index (κ3) is 3.99. The number of amides is 1. The highest BCUT2D eigenvalue weighted by Crippen LogP contribution is 2.33. The number of carbonyl (C=O) groups excluding carboxylic acids is 1. The number of carbonyl (C=O) groups is 1. The van der Waals surface area contributed by atoms with E-state index in [1.54, 1.807) is 0 Å². The molecule has 2 unspecified atom stereocenters. The first-order chi connectivity index (χ1) is 9.56. The molecule has 3 heteroatoms. The first-order valence-electron chi connectivity index (χ1n) is 7.68. The smallest absolute Gasteiger partial charge is 0.220 e. The lowest BCUT2D eigenvalue weighted by atomic mass is 9.97. The van der Waals surface area contributed by atoms with E-state index in [0.29, 0.717) is 18.3 Å². The van der Waals surface area contributed by atoms with Crippen molar-refractivity contribution in [1.82, 2.24) is 5.32 Å². The Morgan fingerprint density at radius 3 is 2.80 bits per heavy atom. The van der Waals surface area contributed by atoms with E-state index in [9.17, 15) is 4.79 Å². The Bertz CT molecular complexity index is 456. The zero-order chi connectivity index (χ0) is 14.5. The van der Waals surface area contributed by atoms with E-state index < -0.39 is 0 Å². The SMILES string of the molecule is CC(C)CCC(C)NC(=O)CC1CNc2ccccc21. The van der Waals surface area contributed by atoms with Gasteiger partial charge >= 0.3 is 0 Å². The van der Waals surface area contributed by atoms with Crippen molar-refractivity contribution in [3.63, 3.8) is 0 Å². The summed E-state index contributed by atoms with van der Waals surface area (Å²) >= 11 is 0. The molecule has 1 aliphatic rings. The lowest BCUT2D eigenvalue weighted by molar-refractivity contribution is -0.122. The first-order valence-corrected chi connectivity index (χ1v) is 7.68. The lowest BCUT2D eigenvalue weighted by Gasteiger charge is -2.17. The highest BCUT2D eigenvalue weighted by atomic mass is 16.1. The summed E-state index contributed by atoms with van der Waals surface area (Å²) in [7, 11) is 0. The van der Waals surface area contributed by atoms with Crippen LogP contribution in [0.3, 0.4) is 0 Å². The molecule has 1 aliphatic heterocycles. The largest absolute Gasteiger partial charge is 0.384 e. The maximum absolute atomic E-state index is 12.1. The molecule has 0 aliphatic carbocycles. The standard InChI is InChI=1S/C17H26N2O/c1-12(2)8-9-13(3)19-17(20)10-14-11-18-16-7-5-4-6-15(14)16/h4-7,12-14,18H,8-11H2,1-3H3,(H,19,20). The first kappa shape index (κ1) is 14.9. The second-order valence-corrected chi connectivity index (χ2v) is 6.31. The van der Waals surface area contributed by atoms with Crippen molar-refractivity contribution in [2.24, 2.45) is 5.92 Å². The molecular weight excluding hydrogens is 248 g/mol.